The second-order valence-electron chi connectivity index (χ2n) is 7.45. The molecule has 0 bridgehead atoms. The number of aromatic nitrogens is 5. The number of nitrogens with zero attached hydrogens (tertiary/aromatic N) is 5. The minimum atomic E-state index is -0.0828. The highest BCUT2D eigenvalue weighted by Gasteiger charge is 2.23. The van der Waals surface area contributed by atoms with E-state index in [4.69, 9.17) is 9.62 Å². The highest BCUT2D eigenvalue weighted by molar-refractivity contribution is 5.55. The smallest absolute Gasteiger partial charge is 0.276 e. The van der Waals surface area contributed by atoms with E-state index in [2.05, 4.69) is 48.0 Å². The van der Waals surface area contributed by atoms with E-state index in [1.165, 1.54) is 0 Å². The molecule has 0 amide bonds. The Morgan fingerprint density at radius 2 is 1.78 bits per heavy atom. The first-order chi connectivity index (χ1) is 13.0. The average molecular weight is 359 g/mol. The molecule has 0 saturated carbocycles. The molecule has 0 unspecified atom stereocenters. The van der Waals surface area contributed by atoms with E-state index >= 15 is 0 Å². The van der Waals surface area contributed by atoms with Gasteiger partial charge in [-0.15, -0.1) is 0 Å². The Balaban J connectivity index is 1.75. The Bertz CT molecular complexity index is 1030. The predicted molar refractivity (Wildman–Crippen MR) is 103 cm³/mol. The molecule has 0 aliphatic carbocycles. The van der Waals surface area contributed by atoms with Gasteiger partial charge in [0.05, 0.1) is 12.2 Å². The van der Waals surface area contributed by atoms with E-state index in [1.54, 1.807) is 6.20 Å². The van der Waals surface area contributed by atoms with Gasteiger partial charge in [0.15, 0.2) is 0 Å². The summed E-state index contributed by atoms with van der Waals surface area (Å²) in [7, 11) is 0. The van der Waals surface area contributed by atoms with Crippen LogP contribution in [0.15, 0.2) is 65.3 Å². The van der Waals surface area contributed by atoms with Crippen molar-refractivity contribution >= 4 is 0 Å². The van der Waals surface area contributed by atoms with Crippen LogP contribution in [0, 0.1) is 0 Å². The molecule has 6 nitrogen and oxygen atoms in total. The Hall–Kier alpha value is -3.28. The standard InChI is InChI=1S/C21H21N5O/c1-21(2,3)18-13-17(26(24-18)14-15-9-5-4-6-10-15)20-23-19(25-27-20)16-11-7-8-12-22-16/h4-13H,14H2,1-3H3. The third-order valence-electron chi connectivity index (χ3n) is 4.26. The maximum atomic E-state index is 5.55. The first-order valence-corrected chi connectivity index (χ1v) is 8.88. The SMILES string of the molecule is CC(C)(C)c1cc(-c2nc(-c3ccccn3)no2)n(Cc2ccccc2)n1. The van der Waals surface area contributed by atoms with Crippen molar-refractivity contribution < 1.29 is 4.52 Å². The summed E-state index contributed by atoms with van der Waals surface area (Å²) in [5, 5.41) is 8.90. The zero-order valence-corrected chi connectivity index (χ0v) is 15.6. The number of hydrogen-bond donors (Lipinski definition) is 0. The van der Waals surface area contributed by atoms with Crippen LogP contribution in [-0.2, 0) is 12.0 Å². The molecule has 6 heteroatoms. The van der Waals surface area contributed by atoms with E-state index in [0.717, 1.165) is 17.0 Å². The Labute approximate surface area is 157 Å². The highest BCUT2D eigenvalue weighted by atomic mass is 16.5. The fraction of sp³-hybridized carbons (Fsp3) is 0.238. The van der Waals surface area contributed by atoms with Crippen molar-refractivity contribution in [2.45, 2.75) is 32.7 Å². The molecule has 0 atom stereocenters. The largest absolute Gasteiger partial charge is 0.332 e. The molecule has 0 saturated heterocycles. The first kappa shape index (κ1) is 17.1. The van der Waals surface area contributed by atoms with Gasteiger partial charge in [-0.2, -0.15) is 10.1 Å². The molecular weight excluding hydrogens is 338 g/mol. The van der Waals surface area contributed by atoms with Crippen LogP contribution >= 0.6 is 0 Å². The van der Waals surface area contributed by atoms with Crippen molar-refractivity contribution in [2.75, 3.05) is 0 Å². The average Bonchev–Trinajstić information content (AvgIpc) is 3.30. The number of hydrogen-bond acceptors (Lipinski definition) is 5. The lowest BCUT2D eigenvalue weighted by Crippen LogP contribution is -2.13. The van der Waals surface area contributed by atoms with E-state index in [9.17, 15) is 0 Å². The van der Waals surface area contributed by atoms with Crippen molar-refractivity contribution in [3.63, 3.8) is 0 Å². The summed E-state index contributed by atoms with van der Waals surface area (Å²) >= 11 is 0. The van der Waals surface area contributed by atoms with Gasteiger partial charge < -0.3 is 4.52 Å². The van der Waals surface area contributed by atoms with Gasteiger partial charge in [0.25, 0.3) is 5.89 Å². The van der Waals surface area contributed by atoms with Crippen molar-refractivity contribution in [1.82, 2.24) is 24.9 Å². The monoisotopic (exact) mass is 359 g/mol. The van der Waals surface area contributed by atoms with Crippen LogP contribution < -0.4 is 0 Å². The highest BCUT2D eigenvalue weighted by Crippen LogP contribution is 2.28. The number of benzene rings is 1. The second-order valence-corrected chi connectivity index (χ2v) is 7.45. The number of pyridine rings is 1. The van der Waals surface area contributed by atoms with Gasteiger partial charge >= 0.3 is 0 Å². The first-order valence-electron chi connectivity index (χ1n) is 8.88. The summed E-state index contributed by atoms with van der Waals surface area (Å²) in [6.45, 7) is 7.05. The zero-order chi connectivity index (χ0) is 18.9. The van der Waals surface area contributed by atoms with Crippen LogP contribution in [0.25, 0.3) is 23.1 Å². The van der Waals surface area contributed by atoms with Crippen molar-refractivity contribution in [2.24, 2.45) is 0 Å². The molecule has 0 spiro atoms. The van der Waals surface area contributed by atoms with E-state index in [1.807, 2.05) is 47.1 Å². The minimum absolute atomic E-state index is 0.0828. The zero-order valence-electron chi connectivity index (χ0n) is 15.6. The summed E-state index contributed by atoms with van der Waals surface area (Å²) < 4.78 is 7.47. The van der Waals surface area contributed by atoms with Gasteiger partial charge in [-0.25, -0.2) is 0 Å². The minimum Gasteiger partial charge on any atom is -0.332 e. The molecule has 1 aromatic carbocycles. The molecule has 4 rings (SSSR count). The summed E-state index contributed by atoms with van der Waals surface area (Å²) in [4.78, 5) is 8.83. The Kier molecular flexibility index (Phi) is 4.32. The lowest BCUT2D eigenvalue weighted by atomic mass is 9.92. The normalized spacial score (nSPS) is 11.7. The molecule has 136 valence electrons. The molecule has 0 fully saturated rings. The maximum absolute atomic E-state index is 5.55. The molecule has 3 heterocycles. The fourth-order valence-corrected chi connectivity index (χ4v) is 2.76. The summed E-state index contributed by atoms with van der Waals surface area (Å²) in [6, 6.07) is 17.8. The quantitative estimate of drug-likeness (QED) is 0.542. The molecule has 0 radical (unpaired) electrons. The van der Waals surface area contributed by atoms with Crippen LogP contribution in [0.2, 0.25) is 0 Å². The second kappa shape index (κ2) is 6.79. The van der Waals surface area contributed by atoms with Crippen LogP contribution in [-0.4, -0.2) is 24.9 Å². The summed E-state index contributed by atoms with van der Waals surface area (Å²) in [5.74, 6) is 0.907. The van der Waals surface area contributed by atoms with Gasteiger partial charge in [-0.3, -0.25) is 9.67 Å². The molecule has 4 aromatic rings. The Morgan fingerprint density at radius 1 is 1.00 bits per heavy atom. The van der Waals surface area contributed by atoms with Crippen LogP contribution in [0.4, 0.5) is 0 Å². The molecular formula is C21H21N5O. The maximum Gasteiger partial charge on any atom is 0.276 e. The lowest BCUT2D eigenvalue weighted by Gasteiger charge is -2.14. The van der Waals surface area contributed by atoms with Gasteiger partial charge in [0.1, 0.15) is 11.4 Å². The van der Waals surface area contributed by atoms with Crippen LogP contribution in [0.1, 0.15) is 32.0 Å². The molecule has 3 aromatic heterocycles. The molecule has 0 aliphatic rings. The van der Waals surface area contributed by atoms with Gasteiger partial charge in [-0.1, -0.05) is 62.3 Å². The van der Waals surface area contributed by atoms with E-state index in [-0.39, 0.29) is 5.41 Å². The summed E-state index contributed by atoms with van der Waals surface area (Å²) in [6.07, 6.45) is 1.71. The van der Waals surface area contributed by atoms with E-state index in [0.29, 0.717) is 24.0 Å². The predicted octanol–water partition coefficient (Wildman–Crippen LogP) is 4.34. The van der Waals surface area contributed by atoms with E-state index < -0.39 is 0 Å². The molecule has 27 heavy (non-hydrogen) atoms. The third kappa shape index (κ3) is 3.65. The van der Waals surface area contributed by atoms with Gasteiger partial charge in [0, 0.05) is 11.6 Å². The summed E-state index contributed by atoms with van der Waals surface area (Å²) in [5.41, 5.74) is 3.54. The topological polar surface area (TPSA) is 69.6 Å². The Morgan fingerprint density at radius 3 is 2.48 bits per heavy atom. The van der Waals surface area contributed by atoms with Crippen LogP contribution in [0.5, 0.6) is 0 Å². The number of rotatable bonds is 4. The van der Waals surface area contributed by atoms with Crippen molar-refractivity contribution in [1.29, 1.82) is 0 Å². The fourth-order valence-electron chi connectivity index (χ4n) is 2.76. The third-order valence-corrected chi connectivity index (χ3v) is 4.26. The van der Waals surface area contributed by atoms with Gasteiger partial charge in [0.2, 0.25) is 5.82 Å². The van der Waals surface area contributed by atoms with Crippen molar-refractivity contribution in [3.05, 3.63) is 72.1 Å². The van der Waals surface area contributed by atoms with Crippen LogP contribution in [0.3, 0.4) is 0 Å². The lowest BCUT2D eigenvalue weighted by molar-refractivity contribution is 0.427. The van der Waals surface area contributed by atoms with Crippen molar-refractivity contribution in [3.8, 4) is 23.1 Å². The molecule has 0 N–H and O–H groups in total. The van der Waals surface area contributed by atoms with Gasteiger partial charge in [-0.05, 0) is 23.8 Å². The molecule has 0 aliphatic heterocycles.